The van der Waals surface area contributed by atoms with Crippen molar-refractivity contribution in [3.8, 4) is 23.1 Å². The van der Waals surface area contributed by atoms with Gasteiger partial charge in [0.1, 0.15) is 11.7 Å². The average molecular weight is 595 g/mol. The van der Waals surface area contributed by atoms with E-state index >= 15 is 0 Å². The number of hydrogen-bond acceptors (Lipinski definition) is 10. The Bertz CT molecular complexity index is 1350. The molecule has 3 aromatic rings. The van der Waals surface area contributed by atoms with Gasteiger partial charge in [-0.1, -0.05) is 29.8 Å². The van der Waals surface area contributed by atoms with Gasteiger partial charge in [0.15, 0.2) is 17.2 Å². The molecule has 0 amide bonds. The molecule has 2 fully saturated rings. The lowest BCUT2D eigenvalue weighted by Crippen LogP contribution is -2.48. The molecular formula is C30H39ClN8O3. The number of methoxy groups -OCH3 is 2. The van der Waals surface area contributed by atoms with Crippen LogP contribution in [-0.4, -0.2) is 98.7 Å². The maximum atomic E-state index is 6.52. The summed E-state index contributed by atoms with van der Waals surface area (Å²) in [7, 11) is 3.12. The first kappa shape index (κ1) is 29.7. The fraction of sp³-hybridized carbons (Fsp3) is 0.433. The maximum Gasteiger partial charge on any atom is 0.230 e. The number of amidine groups is 1. The highest BCUT2D eigenvalue weighted by Crippen LogP contribution is 2.39. The van der Waals surface area contributed by atoms with Gasteiger partial charge in [-0.15, -0.1) is 0 Å². The molecule has 11 nitrogen and oxygen atoms in total. The Hall–Kier alpha value is -3.80. The number of aliphatic imine (C=N–C) groups is 1. The summed E-state index contributed by atoms with van der Waals surface area (Å²) in [6, 6.07) is 14.6. The summed E-state index contributed by atoms with van der Waals surface area (Å²) >= 11 is 6.52. The lowest BCUT2D eigenvalue weighted by molar-refractivity contribution is 0.215. The van der Waals surface area contributed by atoms with Crippen LogP contribution in [0.4, 0.5) is 17.5 Å². The fourth-order valence-electron chi connectivity index (χ4n) is 5.07. The smallest absolute Gasteiger partial charge is 0.230 e. The number of ether oxygens (including phenoxy) is 3. The van der Waals surface area contributed by atoms with Crippen molar-refractivity contribution in [2.75, 3.05) is 83.3 Å². The van der Waals surface area contributed by atoms with Crippen LogP contribution in [-0.2, 0) is 0 Å². The number of anilines is 2. The number of benzene rings is 2. The predicted octanol–water partition coefficient (Wildman–Crippen LogP) is 4.26. The number of rotatable bonds is 12. The molecule has 0 saturated carbocycles. The van der Waals surface area contributed by atoms with Crippen molar-refractivity contribution in [2.24, 2.45) is 10.7 Å². The molecule has 224 valence electrons. The number of nitrogens with two attached hydrogens (primary N) is 1. The standard InChI is InChI=1S/C30H39ClN8O3/c1-40-25-18-23(31)24(19-26(25)41-2)42-29-20-28(33-21-27(32)34-22-8-4-3-5-9-22)35-30(36-29)39-16-14-38(15-17-39)13-12-37-10-6-7-11-37/h3-5,8-9,18-20H,6-7,10-17,21H2,1-2H3,(H2,32,34)(H,33,35,36). The molecule has 0 radical (unpaired) electrons. The van der Waals surface area contributed by atoms with Crippen molar-refractivity contribution in [1.29, 1.82) is 0 Å². The number of nitrogens with one attached hydrogen (secondary N) is 1. The minimum absolute atomic E-state index is 0.298. The number of halogens is 1. The van der Waals surface area contributed by atoms with Crippen LogP contribution in [0.2, 0.25) is 5.02 Å². The van der Waals surface area contributed by atoms with Gasteiger partial charge in [0.25, 0.3) is 0 Å². The second-order valence-electron chi connectivity index (χ2n) is 10.3. The van der Waals surface area contributed by atoms with E-state index in [4.69, 9.17) is 41.5 Å². The van der Waals surface area contributed by atoms with Crippen LogP contribution in [0.15, 0.2) is 53.5 Å². The zero-order valence-electron chi connectivity index (χ0n) is 24.3. The first-order valence-corrected chi connectivity index (χ1v) is 14.7. The van der Waals surface area contributed by atoms with Gasteiger partial charge in [-0.05, 0) is 38.1 Å². The molecule has 2 aliphatic heterocycles. The SMILES string of the molecule is COc1cc(Cl)c(Oc2cc(NCC(N)=Nc3ccccc3)nc(N3CCN(CCN4CCCC4)CC3)n2)cc1OC. The number of likely N-dealkylation sites (tertiary alicyclic amines) is 1. The van der Waals surface area contributed by atoms with E-state index in [1.807, 2.05) is 30.3 Å². The third-order valence-electron chi connectivity index (χ3n) is 7.41. The molecule has 2 aromatic carbocycles. The van der Waals surface area contributed by atoms with Crippen molar-refractivity contribution >= 4 is 34.9 Å². The molecular weight excluding hydrogens is 556 g/mol. The van der Waals surface area contributed by atoms with E-state index in [9.17, 15) is 0 Å². The Morgan fingerprint density at radius 1 is 0.881 bits per heavy atom. The van der Waals surface area contributed by atoms with Crippen LogP contribution in [0.25, 0.3) is 0 Å². The van der Waals surface area contributed by atoms with Gasteiger partial charge >= 0.3 is 0 Å². The molecule has 2 aliphatic rings. The summed E-state index contributed by atoms with van der Waals surface area (Å²) < 4.78 is 17.0. The molecule has 0 spiro atoms. The van der Waals surface area contributed by atoms with Crippen LogP contribution >= 0.6 is 11.6 Å². The molecule has 2 saturated heterocycles. The largest absolute Gasteiger partial charge is 0.493 e. The molecule has 12 heteroatoms. The van der Waals surface area contributed by atoms with Crippen molar-refractivity contribution in [3.63, 3.8) is 0 Å². The fourth-order valence-corrected chi connectivity index (χ4v) is 5.27. The Kier molecular flexibility index (Phi) is 10.2. The van der Waals surface area contributed by atoms with E-state index < -0.39 is 0 Å². The molecule has 1 aromatic heterocycles. The monoisotopic (exact) mass is 594 g/mol. The molecule has 0 bridgehead atoms. The van der Waals surface area contributed by atoms with Gasteiger partial charge < -0.3 is 35.1 Å². The highest BCUT2D eigenvalue weighted by atomic mass is 35.5. The van der Waals surface area contributed by atoms with Crippen LogP contribution in [0.5, 0.6) is 23.1 Å². The number of aromatic nitrogens is 2. The normalized spacial score (nSPS) is 16.5. The second-order valence-corrected chi connectivity index (χ2v) is 10.7. The predicted molar refractivity (Wildman–Crippen MR) is 167 cm³/mol. The summed E-state index contributed by atoms with van der Waals surface area (Å²) in [5.41, 5.74) is 7.00. The van der Waals surface area contributed by atoms with Crippen LogP contribution in [0, 0.1) is 0 Å². The van der Waals surface area contributed by atoms with E-state index in [1.54, 1.807) is 32.4 Å². The quantitative estimate of drug-likeness (QED) is 0.233. The van der Waals surface area contributed by atoms with Crippen molar-refractivity contribution in [2.45, 2.75) is 12.8 Å². The van der Waals surface area contributed by atoms with E-state index in [0.717, 1.165) is 45.0 Å². The number of hydrogen-bond donors (Lipinski definition) is 2. The summed E-state index contributed by atoms with van der Waals surface area (Å²) in [4.78, 5) is 21.3. The Morgan fingerprint density at radius 2 is 1.55 bits per heavy atom. The number of para-hydroxylation sites is 1. The lowest BCUT2D eigenvalue weighted by atomic mass is 10.3. The lowest BCUT2D eigenvalue weighted by Gasteiger charge is -2.35. The molecule has 3 heterocycles. The van der Waals surface area contributed by atoms with Crippen LogP contribution in [0.1, 0.15) is 12.8 Å². The topological polar surface area (TPSA) is 114 Å². The molecule has 0 unspecified atom stereocenters. The first-order valence-electron chi connectivity index (χ1n) is 14.3. The third-order valence-corrected chi connectivity index (χ3v) is 7.70. The summed E-state index contributed by atoms with van der Waals surface area (Å²) in [6.45, 7) is 8.49. The highest BCUT2D eigenvalue weighted by Gasteiger charge is 2.22. The van der Waals surface area contributed by atoms with Crippen LogP contribution < -0.4 is 30.2 Å². The van der Waals surface area contributed by atoms with Gasteiger partial charge in [0, 0.05) is 57.5 Å². The molecule has 0 atom stereocenters. The zero-order valence-corrected chi connectivity index (χ0v) is 25.0. The Morgan fingerprint density at radius 3 is 2.24 bits per heavy atom. The van der Waals surface area contributed by atoms with E-state index in [-0.39, 0.29) is 0 Å². The van der Waals surface area contributed by atoms with Crippen molar-refractivity contribution in [1.82, 2.24) is 19.8 Å². The maximum absolute atomic E-state index is 6.52. The van der Waals surface area contributed by atoms with Gasteiger partial charge in [-0.25, -0.2) is 4.99 Å². The highest BCUT2D eigenvalue weighted by molar-refractivity contribution is 6.32. The van der Waals surface area contributed by atoms with Crippen molar-refractivity contribution < 1.29 is 14.2 Å². The number of piperazine rings is 1. The summed E-state index contributed by atoms with van der Waals surface area (Å²) in [6.07, 6.45) is 2.64. The van der Waals surface area contributed by atoms with Gasteiger partial charge in [-0.2, -0.15) is 9.97 Å². The number of nitrogens with zero attached hydrogens (tertiary/aromatic N) is 6. The molecule has 0 aliphatic carbocycles. The molecule has 42 heavy (non-hydrogen) atoms. The van der Waals surface area contributed by atoms with Crippen molar-refractivity contribution in [3.05, 3.63) is 53.6 Å². The van der Waals surface area contributed by atoms with Gasteiger partial charge in [-0.3, -0.25) is 4.90 Å². The average Bonchev–Trinajstić information content (AvgIpc) is 3.54. The van der Waals surface area contributed by atoms with Gasteiger partial charge in [0.2, 0.25) is 11.8 Å². The van der Waals surface area contributed by atoms with E-state index in [1.165, 1.54) is 25.9 Å². The van der Waals surface area contributed by atoms with E-state index in [2.05, 4.69) is 25.0 Å². The van der Waals surface area contributed by atoms with Crippen LogP contribution in [0.3, 0.4) is 0 Å². The summed E-state index contributed by atoms with van der Waals surface area (Å²) in [5, 5.41) is 3.65. The zero-order chi connectivity index (χ0) is 29.3. The minimum atomic E-state index is 0.298. The summed E-state index contributed by atoms with van der Waals surface area (Å²) in [5.74, 6) is 3.31. The Labute approximate surface area is 252 Å². The van der Waals surface area contributed by atoms with Gasteiger partial charge in [0.05, 0.1) is 31.5 Å². The minimum Gasteiger partial charge on any atom is -0.493 e. The van der Waals surface area contributed by atoms with E-state index in [0.29, 0.717) is 52.3 Å². The first-order chi connectivity index (χ1) is 20.5. The molecule has 3 N–H and O–H groups in total. The second kappa shape index (κ2) is 14.4. The third kappa shape index (κ3) is 7.93. The molecule has 5 rings (SSSR count). The Balaban J connectivity index is 1.32.